The molecule has 0 amide bonds. The fourth-order valence-electron chi connectivity index (χ4n) is 1.85. The Hall–Kier alpha value is -0.120. The van der Waals surface area contributed by atoms with Crippen molar-refractivity contribution in [2.75, 3.05) is 20.3 Å². The Bertz CT molecular complexity index is 184. The minimum absolute atomic E-state index is 0.152. The highest BCUT2D eigenvalue weighted by atomic mass is 16.5. The van der Waals surface area contributed by atoms with Gasteiger partial charge in [-0.15, -0.1) is 0 Å². The lowest BCUT2D eigenvalue weighted by molar-refractivity contribution is -0.174. The summed E-state index contributed by atoms with van der Waals surface area (Å²) in [6.45, 7) is 10.2. The molecular formula is C11H23NO2. The van der Waals surface area contributed by atoms with Gasteiger partial charge in [0.15, 0.2) is 0 Å². The second kappa shape index (κ2) is 4.60. The van der Waals surface area contributed by atoms with Crippen LogP contribution in [0.4, 0.5) is 0 Å². The first kappa shape index (κ1) is 12.0. The van der Waals surface area contributed by atoms with E-state index >= 15 is 0 Å². The molecule has 3 nitrogen and oxygen atoms in total. The van der Waals surface area contributed by atoms with Gasteiger partial charge in [0.05, 0.1) is 12.7 Å². The summed E-state index contributed by atoms with van der Waals surface area (Å²) in [4.78, 5) is 0. The topological polar surface area (TPSA) is 30.5 Å². The quantitative estimate of drug-likeness (QED) is 0.749. The largest absolute Gasteiger partial charge is 0.382 e. The summed E-state index contributed by atoms with van der Waals surface area (Å²) in [6, 6.07) is 0.429. The van der Waals surface area contributed by atoms with Crippen molar-refractivity contribution in [1.29, 1.82) is 0 Å². The molecule has 0 aromatic rings. The van der Waals surface area contributed by atoms with Gasteiger partial charge < -0.3 is 14.8 Å². The maximum atomic E-state index is 6.10. The average molecular weight is 201 g/mol. The van der Waals surface area contributed by atoms with Gasteiger partial charge in [0.25, 0.3) is 0 Å². The Morgan fingerprint density at radius 1 is 1.50 bits per heavy atom. The van der Waals surface area contributed by atoms with Crippen LogP contribution in [0.5, 0.6) is 0 Å². The fraction of sp³-hybridized carbons (Fsp3) is 1.00. The van der Waals surface area contributed by atoms with E-state index in [2.05, 4.69) is 33.0 Å². The Morgan fingerprint density at radius 3 is 2.57 bits per heavy atom. The number of rotatable bonds is 3. The van der Waals surface area contributed by atoms with Crippen LogP contribution in [0, 0.1) is 5.92 Å². The first-order chi connectivity index (χ1) is 6.52. The molecule has 3 heteroatoms. The van der Waals surface area contributed by atoms with Gasteiger partial charge in [-0.3, -0.25) is 0 Å². The van der Waals surface area contributed by atoms with E-state index < -0.39 is 0 Å². The Labute approximate surface area is 87.2 Å². The van der Waals surface area contributed by atoms with Crippen LogP contribution in [0.2, 0.25) is 0 Å². The molecule has 0 aliphatic carbocycles. The van der Waals surface area contributed by atoms with Crippen molar-refractivity contribution in [3.05, 3.63) is 0 Å². The highest BCUT2D eigenvalue weighted by Crippen LogP contribution is 2.27. The van der Waals surface area contributed by atoms with Crippen LogP contribution in [-0.2, 0) is 9.47 Å². The second-order valence-electron chi connectivity index (χ2n) is 4.65. The van der Waals surface area contributed by atoms with Crippen LogP contribution in [0.25, 0.3) is 0 Å². The van der Waals surface area contributed by atoms with Crippen molar-refractivity contribution in [1.82, 2.24) is 5.32 Å². The van der Waals surface area contributed by atoms with Crippen LogP contribution >= 0.6 is 0 Å². The predicted octanol–water partition coefficient (Wildman–Crippen LogP) is 1.42. The maximum Gasteiger partial charge on any atom is 0.106 e. The molecule has 0 spiro atoms. The normalized spacial score (nSPS) is 39.0. The molecule has 0 aromatic heterocycles. The SMILES string of the molecule is COCC1(C(C)C)CNC(C)C(C)O1. The fourth-order valence-corrected chi connectivity index (χ4v) is 1.85. The lowest BCUT2D eigenvalue weighted by Gasteiger charge is -2.45. The molecule has 1 N–H and O–H groups in total. The van der Waals surface area contributed by atoms with Crippen molar-refractivity contribution in [3.63, 3.8) is 0 Å². The van der Waals surface area contributed by atoms with E-state index in [4.69, 9.17) is 9.47 Å². The number of hydrogen-bond donors (Lipinski definition) is 1. The minimum atomic E-state index is -0.152. The van der Waals surface area contributed by atoms with E-state index in [-0.39, 0.29) is 11.7 Å². The minimum Gasteiger partial charge on any atom is -0.382 e. The molecule has 84 valence electrons. The lowest BCUT2D eigenvalue weighted by atomic mass is 9.88. The number of nitrogens with one attached hydrogen (secondary N) is 1. The summed E-state index contributed by atoms with van der Waals surface area (Å²) in [7, 11) is 1.73. The van der Waals surface area contributed by atoms with Gasteiger partial charge in [-0.05, 0) is 19.8 Å². The molecular weight excluding hydrogens is 178 g/mol. The molecule has 1 rings (SSSR count). The molecule has 0 saturated carbocycles. The molecule has 3 atom stereocenters. The molecule has 0 bridgehead atoms. The number of methoxy groups -OCH3 is 1. The Morgan fingerprint density at radius 2 is 2.14 bits per heavy atom. The van der Waals surface area contributed by atoms with Crippen LogP contribution in [-0.4, -0.2) is 38.0 Å². The van der Waals surface area contributed by atoms with Gasteiger partial charge in [0.1, 0.15) is 5.60 Å². The third-order valence-electron chi connectivity index (χ3n) is 3.29. The van der Waals surface area contributed by atoms with Crippen LogP contribution < -0.4 is 5.32 Å². The molecule has 1 heterocycles. The molecule has 1 saturated heterocycles. The highest BCUT2D eigenvalue weighted by molar-refractivity contribution is 4.93. The molecule has 0 aromatic carbocycles. The number of ether oxygens (including phenoxy) is 2. The summed E-state index contributed by atoms with van der Waals surface area (Å²) in [5.41, 5.74) is -0.152. The third-order valence-corrected chi connectivity index (χ3v) is 3.29. The summed E-state index contributed by atoms with van der Waals surface area (Å²) in [5, 5.41) is 3.48. The van der Waals surface area contributed by atoms with E-state index in [1.165, 1.54) is 0 Å². The first-order valence-electron chi connectivity index (χ1n) is 5.42. The Balaban J connectivity index is 2.69. The van der Waals surface area contributed by atoms with Crippen molar-refractivity contribution in [2.45, 2.75) is 45.4 Å². The van der Waals surface area contributed by atoms with E-state index in [0.717, 1.165) is 6.54 Å². The van der Waals surface area contributed by atoms with Gasteiger partial charge >= 0.3 is 0 Å². The molecule has 3 unspecified atom stereocenters. The van der Waals surface area contributed by atoms with Crippen molar-refractivity contribution < 1.29 is 9.47 Å². The zero-order chi connectivity index (χ0) is 10.8. The lowest BCUT2D eigenvalue weighted by Crippen LogP contribution is -2.61. The molecule has 1 fully saturated rings. The summed E-state index contributed by atoms with van der Waals surface area (Å²) in [5.74, 6) is 0.463. The standard InChI is InChI=1S/C11H23NO2/c1-8(2)11(7-13-5)6-12-9(3)10(4)14-11/h8-10,12H,6-7H2,1-5H3. The molecule has 14 heavy (non-hydrogen) atoms. The molecule has 0 radical (unpaired) electrons. The van der Waals surface area contributed by atoms with Gasteiger partial charge in [-0.25, -0.2) is 0 Å². The number of hydrogen-bond acceptors (Lipinski definition) is 3. The summed E-state index contributed by atoms with van der Waals surface area (Å²) < 4.78 is 11.4. The van der Waals surface area contributed by atoms with Gasteiger partial charge in [0, 0.05) is 19.7 Å². The second-order valence-corrected chi connectivity index (χ2v) is 4.65. The zero-order valence-electron chi connectivity index (χ0n) is 9.96. The van der Waals surface area contributed by atoms with Crippen LogP contribution in [0.3, 0.4) is 0 Å². The average Bonchev–Trinajstić information content (AvgIpc) is 2.12. The number of morpholine rings is 1. The summed E-state index contributed by atoms with van der Waals surface area (Å²) >= 11 is 0. The first-order valence-corrected chi connectivity index (χ1v) is 5.42. The van der Waals surface area contributed by atoms with E-state index in [9.17, 15) is 0 Å². The van der Waals surface area contributed by atoms with Crippen LogP contribution in [0.15, 0.2) is 0 Å². The highest BCUT2D eigenvalue weighted by Gasteiger charge is 2.41. The smallest absolute Gasteiger partial charge is 0.106 e. The monoisotopic (exact) mass is 201 g/mol. The van der Waals surface area contributed by atoms with Crippen molar-refractivity contribution in [2.24, 2.45) is 5.92 Å². The third kappa shape index (κ3) is 2.27. The van der Waals surface area contributed by atoms with E-state index in [1.807, 2.05) is 0 Å². The van der Waals surface area contributed by atoms with Gasteiger partial charge in [-0.2, -0.15) is 0 Å². The molecule has 1 aliphatic rings. The zero-order valence-corrected chi connectivity index (χ0v) is 9.96. The molecule has 1 aliphatic heterocycles. The van der Waals surface area contributed by atoms with Crippen molar-refractivity contribution >= 4 is 0 Å². The van der Waals surface area contributed by atoms with Crippen molar-refractivity contribution in [3.8, 4) is 0 Å². The summed E-state index contributed by atoms with van der Waals surface area (Å²) in [6.07, 6.45) is 0.251. The Kier molecular flexibility index (Phi) is 3.93. The van der Waals surface area contributed by atoms with Gasteiger partial charge in [0.2, 0.25) is 0 Å². The van der Waals surface area contributed by atoms with E-state index in [1.54, 1.807) is 7.11 Å². The predicted molar refractivity (Wildman–Crippen MR) is 57.5 cm³/mol. The van der Waals surface area contributed by atoms with E-state index in [0.29, 0.717) is 18.6 Å². The van der Waals surface area contributed by atoms with Gasteiger partial charge in [-0.1, -0.05) is 13.8 Å². The maximum absolute atomic E-state index is 6.10. The van der Waals surface area contributed by atoms with Crippen LogP contribution in [0.1, 0.15) is 27.7 Å².